The van der Waals surface area contributed by atoms with Crippen molar-refractivity contribution in [2.75, 3.05) is 5.31 Å². The van der Waals surface area contributed by atoms with Crippen LogP contribution in [-0.2, 0) is 0 Å². The van der Waals surface area contributed by atoms with Crippen molar-refractivity contribution in [2.45, 2.75) is 19.9 Å². The molecule has 1 unspecified atom stereocenters. The van der Waals surface area contributed by atoms with Gasteiger partial charge < -0.3 is 5.31 Å². The fraction of sp³-hybridized carbons (Fsp3) is 0.176. The predicted octanol–water partition coefficient (Wildman–Crippen LogP) is 4.48. The lowest BCUT2D eigenvalue weighted by atomic mass is 9.97. The number of nitrogens with one attached hydrogen (secondary N) is 1. The van der Waals surface area contributed by atoms with E-state index in [1.807, 2.05) is 56.3 Å². The first-order valence-electron chi connectivity index (χ1n) is 7.11. The topological polar surface area (TPSA) is 12.0 Å². The second-order valence-electron chi connectivity index (χ2n) is 4.77. The highest BCUT2D eigenvalue weighted by Crippen LogP contribution is 2.30. The van der Waals surface area contributed by atoms with Crippen molar-refractivity contribution in [2.24, 2.45) is 0 Å². The van der Waals surface area contributed by atoms with E-state index >= 15 is 0 Å². The molecule has 1 heterocycles. The number of fused-ring (bicyclic) bond motifs is 1. The average Bonchev–Trinajstić information content (AvgIpc) is 2.42. The summed E-state index contributed by atoms with van der Waals surface area (Å²) < 4.78 is 17.1. The summed E-state index contributed by atoms with van der Waals surface area (Å²) in [7, 11) is 0. The van der Waals surface area contributed by atoms with E-state index in [2.05, 4.69) is 6.07 Å². The Hall–Kier alpha value is -2.02. The zero-order valence-electron chi connectivity index (χ0n) is 12.6. The average molecular weight is 237 g/mol. The lowest BCUT2D eigenvalue weighted by Gasteiger charge is -2.23. The van der Waals surface area contributed by atoms with Gasteiger partial charge in [-0.2, -0.15) is 0 Å². The molecule has 0 saturated heterocycles. The molecule has 0 aromatic heterocycles. The summed E-state index contributed by atoms with van der Waals surface area (Å²) in [6.45, 7) is 4.04. The Kier molecular flexibility index (Phi) is 2.16. The first-order valence-corrected chi connectivity index (χ1v) is 6.17. The maximum Gasteiger partial charge on any atom is 0.161 e. The first-order chi connectivity index (χ1) is 9.50. The normalized spacial score (nSPS) is 23.3. The molecule has 0 bridgehead atoms. The van der Waals surface area contributed by atoms with Crippen molar-refractivity contribution in [3.05, 3.63) is 70.8 Å². The van der Waals surface area contributed by atoms with Gasteiger partial charge in [0.05, 0.1) is 7.39 Å². The van der Waals surface area contributed by atoms with Crippen molar-refractivity contribution in [1.29, 1.82) is 0 Å². The second kappa shape index (κ2) is 4.34. The Morgan fingerprint density at radius 3 is 2.61 bits per heavy atom. The lowest BCUT2D eigenvalue weighted by Crippen LogP contribution is -2.12. The van der Waals surface area contributed by atoms with Gasteiger partial charge in [0, 0.05) is 5.69 Å². The van der Waals surface area contributed by atoms with Gasteiger partial charge in [-0.15, -0.1) is 0 Å². The third-order valence-corrected chi connectivity index (χ3v) is 3.12. The Labute approximate surface area is 111 Å². The molecule has 0 radical (unpaired) electrons. The number of rotatable bonds is 1. The second-order valence-corrected chi connectivity index (χ2v) is 4.77. The monoisotopic (exact) mass is 237 g/mol. The van der Waals surface area contributed by atoms with Gasteiger partial charge in [-0.25, -0.2) is 0 Å². The zero-order chi connectivity index (χ0) is 14.3. The van der Waals surface area contributed by atoms with Gasteiger partial charge in [-0.1, -0.05) is 59.7 Å². The molecule has 0 amide bonds. The highest BCUT2D eigenvalue weighted by molar-refractivity contribution is 5.71. The minimum Gasteiger partial charge on any atom is -0.374 e. The van der Waals surface area contributed by atoms with Crippen LogP contribution in [0, 0.1) is 13.8 Å². The van der Waals surface area contributed by atoms with Crippen LogP contribution in [0.3, 0.4) is 0 Å². The summed E-state index contributed by atoms with van der Waals surface area (Å²) in [5.74, 6) is 0. The maximum absolute atomic E-state index is 8.74. The minimum atomic E-state index is -1.18. The summed E-state index contributed by atoms with van der Waals surface area (Å²) in [5.41, 5.74) is 4.81. The molecule has 2 aromatic carbocycles. The summed E-state index contributed by atoms with van der Waals surface area (Å²) in [5, 5.41) is 1.29. The Balaban J connectivity index is 2.14. The Bertz CT molecular complexity index is 673. The number of benzene rings is 2. The van der Waals surface area contributed by atoms with Gasteiger partial charge in [0.1, 0.15) is 0 Å². The maximum atomic E-state index is 8.74. The van der Waals surface area contributed by atoms with Crippen LogP contribution in [0.15, 0.2) is 48.5 Å². The van der Waals surface area contributed by atoms with Crippen molar-refractivity contribution < 1.29 is 2.78 Å². The van der Waals surface area contributed by atoms with Gasteiger partial charge >= 0.3 is 0 Å². The summed E-state index contributed by atoms with van der Waals surface area (Å²) in [4.78, 5) is 0. The number of para-hydroxylation sites is 1. The van der Waals surface area contributed by atoms with E-state index in [9.17, 15) is 0 Å². The molecular weight excluding hydrogens is 218 g/mol. The molecule has 18 heavy (non-hydrogen) atoms. The van der Waals surface area contributed by atoms with Gasteiger partial charge in [0.25, 0.3) is 0 Å². The summed E-state index contributed by atoms with van der Waals surface area (Å²) >= 11 is 0. The first kappa shape index (κ1) is 8.98. The van der Waals surface area contributed by atoms with E-state index in [1.165, 1.54) is 5.31 Å². The molecule has 0 spiro atoms. The number of aryl methyl sites for hydroxylation is 2. The van der Waals surface area contributed by atoms with E-state index in [4.69, 9.17) is 2.78 Å². The van der Waals surface area contributed by atoms with E-state index in [-0.39, 0.29) is 0 Å². The van der Waals surface area contributed by atoms with Gasteiger partial charge in [-0.05, 0) is 31.0 Å². The highest BCUT2D eigenvalue weighted by Gasteiger charge is 2.14. The minimum absolute atomic E-state index is 0.768. The van der Waals surface area contributed by atoms with Gasteiger partial charge in [0.2, 0.25) is 0 Å². The van der Waals surface area contributed by atoms with Crippen molar-refractivity contribution in [3.8, 4) is 0 Å². The van der Waals surface area contributed by atoms with Crippen molar-refractivity contribution >= 4 is 11.8 Å². The van der Waals surface area contributed by atoms with Crippen LogP contribution < -0.4 is 5.31 Å². The molecule has 1 atom stereocenters. The quantitative estimate of drug-likeness (QED) is 0.771. The Morgan fingerprint density at radius 1 is 1.11 bits per heavy atom. The largest absolute Gasteiger partial charge is 0.374 e. The molecule has 1 N–H and O–H groups in total. The molecule has 3 rings (SSSR count). The highest BCUT2D eigenvalue weighted by atomic mass is 14.9. The van der Waals surface area contributed by atoms with Crippen LogP contribution >= 0.6 is 0 Å². The van der Waals surface area contributed by atoms with Crippen LogP contribution in [0.4, 0.5) is 5.69 Å². The molecule has 1 nitrogen and oxygen atoms in total. The molecular formula is C17H17N. The van der Waals surface area contributed by atoms with Crippen LogP contribution in [-0.4, -0.2) is 0 Å². The van der Waals surface area contributed by atoms with Crippen LogP contribution in [0.5, 0.6) is 0 Å². The molecule has 2 aromatic rings. The van der Waals surface area contributed by atoms with E-state index in [0.717, 1.165) is 27.9 Å². The number of hydrogen-bond acceptors (Lipinski definition) is 1. The van der Waals surface area contributed by atoms with E-state index in [0.29, 0.717) is 0 Å². The SMILES string of the molecule is [2H]N1c2ccccc2C=CC1([2H])c1cc(C)cc(C)c1. The molecule has 0 aliphatic carbocycles. The number of anilines is 1. The smallest absolute Gasteiger partial charge is 0.161 e. The fourth-order valence-electron chi connectivity index (χ4n) is 2.35. The van der Waals surface area contributed by atoms with Gasteiger partial charge in [0.15, 0.2) is 1.41 Å². The molecule has 1 aliphatic heterocycles. The van der Waals surface area contributed by atoms with E-state index < -0.39 is 6.02 Å². The Morgan fingerprint density at radius 2 is 1.83 bits per heavy atom. The van der Waals surface area contributed by atoms with Crippen molar-refractivity contribution in [3.63, 3.8) is 0 Å². The molecule has 90 valence electrons. The third kappa shape index (κ3) is 2.04. The van der Waals surface area contributed by atoms with Gasteiger partial charge in [-0.3, -0.25) is 0 Å². The standard InChI is InChI=1S/C17H17N/c1-12-9-13(2)11-15(10-12)17-8-7-14-5-3-4-6-16(14)18-17/h3-11,17-18H,1-2H3/i17D/hD. The van der Waals surface area contributed by atoms with Crippen LogP contribution in [0.25, 0.3) is 6.08 Å². The van der Waals surface area contributed by atoms with Crippen molar-refractivity contribution in [1.82, 2.24) is 0 Å². The predicted molar refractivity (Wildman–Crippen MR) is 77.8 cm³/mol. The summed E-state index contributed by atoms with van der Waals surface area (Å²) in [6, 6.07) is 12.6. The fourth-order valence-corrected chi connectivity index (χ4v) is 2.35. The molecule has 0 saturated carbocycles. The van der Waals surface area contributed by atoms with E-state index in [1.54, 1.807) is 6.08 Å². The summed E-state index contributed by atoms with van der Waals surface area (Å²) in [6.07, 6.45) is 3.72. The molecule has 1 aliphatic rings. The molecule has 1 heteroatoms. The van der Waals surface area contributed by atoms with Crippen LogP contribution in [0.2, 0.25) is 1.41 Å². The number of hydrogen-bond donors (Lipinski definition) is 1. The molecule has 0 fully saturated rings. The third-order valence-electron chi connectivity index (χ3n) is 3.12. The van der Waals surface area contributed by atoms with Crippen LogP contribution in [0.1, 0.15) is 29.6 Å². The zero-order valence-corrected chi connectivity index (χ0v) is 10.6. The lowest BCUT2D eigenvalue weighted by molar-refractivity contribution is 0.972.